The fraction of sp³-hybridized carbons (Fsp3) is 0.148. The van der Waals surface area contributed by atoms with E-state index < -0.39 is 12.0 Å². The molecule has 1 atom stereocenters. The van der Waals surface area contributed by atoms with Crippen molar-refractivity contribution in [1.29, 1.82) is 0 Å². The Morgan fingerprint density at radius 1 is 0.971 bits per heavy atom. The summed E-state index contributed by atoms with van der Waals surface area (Å²) in [6, 6.07) is 26.9. The maximum absolute atomic E-state index is 12.8. The average Bonchev–Trinajstić information content (AvgIpc) is 3.31. The fourth-order valence-electron chi connectivity index (χ4n) is 4.03. The molecule has 3 aromatic carbocycles. The van der Waals surface area contributed by atoms with Gasteiger partial charge in [-0.1, -0.05) is 72.8 Å². The van der Waals surface area contributed by atoms with Crippen molar-refractivity contribution < 1.29 is 14.3 Å². The van der Waals surface area contributed by atoms with Crippen molar-refractivity contribution in [2.45, 2.75) is 19.6 Å². The molecule has 7 nitrogen and oxygen atoms in total. The molecular formula is C27H24N4O3. The molecule has 0 saturated heterocycles. The van der Waals surface area contributed by atoms with Gasteiger partial charge in [0.2, 0.25) is 5.95 Å². The van der Waals surface area contributed by atoms with Gasteiger partial charge in [-0.05, 0) is 30.2 Å². The Bertz CT molecular complexity index is 1330. The second-order valence-electron chi connectivity index (χ2n) is 7.97. The van der Waals surface area contributed by atoms with E-state index in [-0.39, 0.29) is 0 Å². The predicted octanol–water partition coefficient (Wildman–Crippen LogP) is 4.99. The Labute approximate surface area is 197 Å². The first-order valence-electron chi connectivity index (χ1n) is 11.0. The molecule has 1 aliphatic heterocycles. The lowest BCUT2D eigenvalue weighted by Crippen LogP contribution is -2.29. The molecule has 0 saturated carbocycles. The summed E-state index contributed by atoms with van der Waals surface area (Å²) >= 11 is 0. The summed E-state index contributed by atoms with van der Waals surface area (Å²) < 4.78 is 12.8. The molecule has 0 fully saturated rings. The molecule has 1 aliphatic rings. The van der Waals surface area contributed by atoms with E-state index in [1.807, 2.05) is 91.9 Å². The van der Waals surface area contributed by atoms with E-state index in [2.05, 4.69) is 10.3 Å². The van der Waals surface area contributed by atoms with Gasteiger partial charge in [-0.25, -0.2) is 9.48 Å². The number of aromatic nitrogens is 3. The van der Waals surface area contributed by atoms with E-state index in [0.717, 1.165) is 22.4 Å². The van der Waals surface area contributed by atoms with Crippen LogP contribution in [-0.2, 0) is 16.1 Å². The predicted molar refractivity (Wildman–Crippen MR) is 129 cm³/mol. The number of nitrogens with zero attached hydrogens (tertiary/aromatic N) is 3. The Hall–Kier alpha value is -4.39. The van der Waals surface area contributed by atoms with Crippen molar-refractivity contribution in [3.8, 4) is 17.1 Å². The molecule has 2 heterocycles. The molecule has 0 aliphatic carbocycles. The van der Waals surface area contributed by atoms with Gasteiger partial charge in [0.15, 0.2) is 5.82 Å². The van der Waals surface area contributed by atoms with Gasteiger partial charge in [0.25, 0.3) is 0 Å². The molecule has 5 rings (SSSR count). The molecule has 34 heavy (non-hydrogen) atoms. The van der Waals surface area contributed by atoms with E-state index in [0.29, 0.717) is 29.6 Å². The summed E-state index contributed by atoms with van der Waals surface area (Å²) in [7, 11) is 1.38. The van der Waals surface area contributed by atoms with Crippen LogP contribution in [0.3, 0.4) is 0 Å². The smallest absolute Gasteiger partial charge is 0.338 e. The zero-order valence-corrected chi connectivity index (χ0v) is 18.9. The van der Waals surface area contributed by atoms with Gasteiger partial charge >= 0.3 is 5.97 Å². The van der Waals surface area contributed by atoms with Crippen LogP contribution in [-0.4, -0.2) is 27.8 Å². The standard InChI is InChI=1S/C27H24N4O3/c1-18-23(26(32)33-2)24(31-27(28-18)29-25(30-31)21-11-7-4-8-12-21)20-13-15-22(16-14-20)34-17-19-9-5-3-6-10-19/h3-16,24H,17H2,1-2H3,(H,28,29,30). The normalized spacial score (nSPS) is 14.8. The molecule has 4 aromatic rings. The third kappa shape index (κ3) is 4.15. The molecule has 0 bridgehead atoms. The minimum absolute atomic E-state index is 0.415. The first-order valence-corrected chi connectivity index (χ1v) is 11.0. The van der Waals surface area contributed by atoms with Gasteiger partial charge in [-0.15, -0.1) is 5.10 Å². The van der Waals surface area contributed by atoms with Gasteiger partial charge in [0.1, 0.15) is 18.4 Å². The minimum atomic E-state index is -0.489. The topological polar surface area (TPSA) is 78.3 Å². The Kier molecular flexibility index (Phi) is 5.82. The van der Waals surface area contributed by atoms with E-state index in [4.69, 9.17) is 14.6 Å². The van der Waals surface area contributed by atoms with Crippen LogP contribution in [0.15, 0.2) is 96.2 Å². The van der Waals surface area contributed by atoms with Gasteiger partial charge < -0.3 is 14.8 Å². The Morgan fingerprint density at radius 2 is 1.65 bits per heavy atom. The molecule has 1 N–H and O–H groups in total. The number of carbonyl (C=O) groups is 1. The summed E-state index contributed by atoms with van der Waals surface area (Å²) in [5.74, 6) is 1.47. The lowest BCUT2D eigenvalue weighted by atomic mass is 9.96. The van der Waals surface area contributed by atoms with Gasteiger partial charge in [0, 0.05) is 11.3 Å². The largest absolute Gasteiger partial charge is 0.489 e. The van der Waals surface area contributed by atoms with Gasteiger partial charge in [0.05, 0.1) is 12.7 Å². The SMILES string of the molecule is COC(=O)C1=C(C)Nc2nc(-c3ccccc3)nn2C1c1ccc(OCc2ccccc2)cc1. The maximum Gasteiger partial charge on any atom is 0.338 e. The van der Waals surface area contributed by atoms with E-state index in [1.165, 1.54) is 7.11 Å². The summed E-state index contributed by atoms with van der Waals surface area (Å²) in [4.78, 5) is 17.4. The van der Waals surface area contributed by atoms with Crippen molar-refractivity contribution in [2.24, 2.45) is 0 Å². The third-order valence-corrected chi connectivity index (χ3v) is 5.73. The summed E-state index contributed by atoms with van der Waals surface area (Å²) in [6.07, 6.45) is 0. The number of esters is 1. The first kappa shape index (κ1) is 21.5. The first-order chi connectivity index (χ1) is 16.6. The molecule has 0 radical (unpaired) electrons. The number of rotatable bonds is 6. The third-order valence-electron chi connectivity index (χ3n) is 5.73. The lowest BCUT2D eigenvalue weighted by Gasteiger charge is -2.27. The number of hydrogen-bond acceptors (Lipinski definition) is 6. The minimum Gasteiger partial charge on any atom is -0.489 e. The van der Waals surface area contributed by atoms with E-state index >= 15 is 0 Å². The van der Waals surface area contributed by atoms with Crippen LogP contribution in [0.5, 0.6) is 5.75 Å². The van der Waals surface area contributed by atoms with Crippen LogP contribution in [0.2, 0.25) is 0 Å². The molecule has 170 valence electrons. The fourth-order valence-corrected chi connectivity index (χ4v) is 4.03. The highest BCUT2D eigenvalue weighted by molar-refractivity contribution is 5.92. The summed E-state index contributed by atoms with van der Waals surface area (Å²) in [5, 5.41) is 7.96. The molecular weight excluding hydrogens is 428 g/mol. The summed E-state index contributed by atoms with van der Waals surface area (Å²) in [5.41, 5.74) is 4.03. The number of hydrogen-bond donors (Lipinski definition) is 1. The Morgan fingerprint density at radius 3 is 2.32 bits per heavy atom. The number of carbonyl (C=O) groups excluding carboxylic acids is 1. The Balaban J connectivity index is 1.49. The van der Waals surface area contributed by atoms with Crippen LogP contribution in [0.1, 0.15) is 24.1 Å². The molecule has 7 heteroatoms. The highest BCUT2D eigenvalue weighted by Gasteiger charge is 2.35. The van der Waals surface area contributed by atoms with Crippen LogP contribution in [0.25, 0.3) is 11.4 Å². The van der Waals surface area contributed by atoms with Crippen molar-refractivity contribution in [1.82, 2.24) is 14.8 Å². The number of methoxy groups -OCH3 is 1. The van der Waals surface area contributed by atoms with Crippen molar-refractivity contribution in [3.05, 3.63) is 107 Å². The number of ether oxygens (including phenoxy) is 2. The van der Waals surface area contributed by atoms with Crippen molar-refractivity contribution >= 4 is 11.9 Å². The van der Waals surface area contributed by atoms with Gasteiger partial charge in [-0.3, -0.25) is 0 Å². The van der Waals surface area contributed by atoms with Gasteiger partial charge in [-0.2, -0.15) is 4.98 Å². The zero-order chi connectivity index (χ0) is 23.5. The second-order valence-corrected chi connectivity index (χ2v) is 7.97. The lowest BCUT2D eigenvalue weighted by molar-refractivity contribution is -0.136. The van der Waals surface area contributed by atoms with Crippen LogP contribution >= 0.6 is 0 Å². The van der Waals surface area contributed by atoms with Crippen molar-refractivity contribution in [3.63, 3.8) is 0 Å². The van der Waals surface area contributed by atoms with Crippen LogP contribution in [0, 0.1) is 0 Å². The molecule has 0 amide bonds. The van der Waals surface area contributed by atoms with Crippen LogP contribution in [0.4, 0.5) is 5.95 Å². The summed E-state index contributed by atoms with van der Waals surface area (Å²) in [6.45, 7) is 2.32. The number of nitrogens with one attached hydrogen (secondary N) is 1. The quantitative estimate of drug-likeness (QED) is 0.416. The zero-order valence-electron chi connectivity index (χ0n) is 18.9. The number of anilines is 1. The highest BCUT2D eigenvalue weighted by Crippen LogP contribution is 2.37. The maximum atomic E-state index is 12.8. The number of fused-ring (bicyclic) bond motifs is 1. The molecule has 1 aromatic heterocycles. The molecule has 0 spiro atoms. The highest BCUT2D eigenvalue weighted by atomic mass is 16.5. The second kappa shape index (κ2) is 9.23. The van der Waals surface area contributed by atoms with Crippen molar-refractivity contribution in [2.75, 3.05) is 12.4 Å². The number of allylic oxidation sites excluding steroid dienone is 1. The van der Waals surface area contributed by atoms with E-state index in [9.17, 15) is 4.79 Å². The van der Waals surface area contributed by atoms with Crippen LogP contribution < -0.4 is 10.1 Å². The molecule has 1 unspecified atom stereocenters. The number of benzene rings is 3. The monoisotopic (exact) mass is 452 g/mol. The van der Waals surface area contributed by atoms with E-state index in [1.54, 1.807) is 4.68 Å². The average molecular weight is 453 g/mol.